The van der Waals surface area contributed by atoms with Gasteiger partial charge in [0.15, 0.2) is 5.78 Å². The molecule has 2 aromatic rings. The van der Waals surface area contributed by atoms with Gasteiger partial charge in [0.1, 0.15) is 6.04 Å². The van der Waals surface area contributed by atoms with Crippen LogP contribution in [0.3, 0.4) is 0 Å². The second-order valence-electron chi connectivity index (χ2n) is 23.1. The monoisotopic (exact) mass is 1190 g/mol. The van der Waals surface area contributed by atoms with Gasteiger partial charge in [-0.3, -0.25) is 43.3 Å². The number of primary amides is 1. The van der Waals surface area contributed by atoms with Crippen molar-refractivity contribution in [2.24, 2.45) is 28.9 Å². The van der Waals surface area contributed by atoms with Crippen molar-refractivity contribution in [3.63, 3.8) is 0 Å². The van der Waals surface area contributed by atoms with Crippen molar-refractivity contribution in [2.45, 2.75) is 143 Å². The number of nitrogens with zero attached hydrogens (tertiary/aromatic N) is 2. The summed E-state index contributed by atoms with van der Waals surface area (Å²) in [5.41, 5.74) is 5.25. The molecule has 0 spiro atoms. The highest BCUT2D eigenvalue weighted by atomic mass is 32.2. The van der Waals surface area contributed by atoms with E-state index in [9.17, 15) is 51.6 Å². The molecule has 0 fully saturated rings. The van der Waals surface area contributed by atoms with E-state index in [-0.39, 0.29) is 136 Å². The number of hydrogen-bond acceptors (Lipinski definition) is 15. The predicted molar refractivity (Wildman–Crippen MR) is 318 cm³/mol. The van der Waals surface area contributed by atoms with Crippen LogP contribution in [0.25, 0.3) is 0 Å². The third-order valence-electron chi connectivity index (χ3n) is 14.4. The van der Waals surface area contributed by atoms with Crippen LogP contribution in [0, 0.1) is 23.2 Å². The third kappa shape index (κ3) is 22.0. The largest absolute Gasteiger partial charge is 0.379 e. The second-order valence-corrected chi connectivity index (χ2v) is 24.7. The molecule has 84 heavy (non-hydrogen) atoms. The van der Waals surface area contributed by atoms with Gasteiger partial charge in [-0.25, -0.2) is 17.9 Å². The number of amides is 9. The summed E-state index contributed by atoms with van der Waals surface area (Å²) in [5, 5.41) is 14.2. The number of carbonyl (C=O) groups excluding carboxylic acids is 9. The number of urea groups is 1. The van der Waals surface area contributed by atoms with Gasteiger partial charge in [0.05, 0.1) is 69.2 Å². The molecule has 2 aromatic carbocycles. The molecule has 0 radical (unpaired) electrons. The molecule has 5 atom stereocenters. The van der Waals surface area contributed by atoms with Crippen molar-refractivity contribution in [1.29, 1.82) is 0 Å². The number of hydrogen-bond donors (Lipinski definition) is 7. The van der Waals surface area contributed by atoms with Crippen molar-refractivity contribution in [1.82, 2.24) is 35.8 Å². The topological polar surface area (TPSA) is 320 Å². The van der Waals surface area contributed by atoms with Crippen molar-refractivity contribution in [3.05, 3.63) is 83.5 Å². The number of nitrogens with two attached hydrogens (primary N) is 1. The standard InChI is InChI=1S/C60H91N9O14S/c1-14-41-36-44(64-55(75)42(19-18-27-63-58(61)78)37-46(70)51(39(4)5)65-48(71)26-29-81-31-33-83-34-32-82-30-28-69-49(72)24-25-50(69)73)22-23-47(41)84(79,80)67-54(74)40(6)35-45(38(2)3)68(13)57(77)53(59(7,8)9)66-56(76)52(62-12)60(10,11)43-20-16-15-17-21-43/h15-17,20-25,35-36,38-39,42,45,51-53,62H,14,18-19,26-34,37H2,1-13H3,(H,64,75)(H,65,71)(H,66,76)(H,67,74)(H3,61,63,78)/b40-35+/t42-,45-,51+,52-,53-/m1/s1. The molecule has 0 aromatic heterocycles. The lowest BCUT2D eigenvalue weighted by Crippen LogP contribution is -2.61. The van der Waals surface area contributed by atoms with Crippen molar-refractivity contribution in [3.8, 4) is 0 Å². The molecular formula is C60H91N9O14S. The summed E-state index contributed by atoms with van der Waals surface area (Å²) in [4.78, 5) is 120. The van der Waals surface area contributed by atoms with Gasteiger partial charge in [-0.05, 0) is 79.8 Å². The maximum Gasteiger partial charge on any atom is 0.312 e. The normalized spacial score (nSPS) is 14.8. The van der Waals surface area contributed by atoms with E-state index in [4.69, 9.17) is 19.9 Å². The van der Waals surface area contributed by atoms with Crippen LogP contribution < -0.4 is 37.0 Å². The first-order valence-corrected chi connectivity index (χ1v) is 30.0. The average Bonchev–Trinajstić information content (AvgIpc) is 2.73. The van der Waals surface area contributed by atoms with Crippen molar-refractivity contribution in [2.75, 3.05) is 72.1 Å². The zero-order chi connectivity index (χ0) is 63.1. The fourth-order valence-corrected chi connectivity index (χ4v) is 10.8. The first-order valence-electron chi connectivity index (χ1n) is 28.5. The minimum Gasteiger partial charge on any atom is -0.379 e. The average molecular weight is 1190 g/mol. The first-order chi connectivity index (χ1) is 39.4. The Balaban J connectivity index is 1.68. The van der Waals surface area contributed by atoms with E-state index in [1.165, 1.54) is 48.3 Å². The van der Waals surface area contributed by atoms with Gasteiger partial charge < -0.3 is 51.4 Å². The summed E-state index contributed by atoms with van der Waals surface area (Å²) in [6.07, 6.45) is 4.13. The number of imide groups is 1. The van der Waals surface area contributed by atoms with Crippen LogP contribution in [0.4, 0.5) is 10.5 Å². The van der Waals surface area contributed by atoms with Crippen LogP contribution in [0.1, 0.15) is 113 Å². The van der Waals surface area contributed by atoms with E-state index in [0.717, 1.165) is 10.5 Å². The third-order valence-corrected chi connectivity index (χ3v) is 15.9. The lowest BCUT2D eigenvalue weighted by Gasteiger charge is -2.40. The number of sulfonamides is 1. The summed E-state index contributed by atoms with van der Waals surface area (Å²) in [6, 6.07) is 9.52. The molecule has 8 N–H and O–H groups in total. The van der Waals surface area contributed by atoms with Crippen molar-refractivity contribution >= 4 is 68.9 Å². The molecule has 24 heteroatoms. The smallest absolute Gasteiger partial charge is 0.312 e. The van der Waals surface area contributed by atoms with Crippen LogP contribution in [0.5, 0.6) is 0 Å². The molecule has 1 aliphatic rings. The molecular weight excluding hydrogens is 1100 g/mol. The minimum atomic E-state index is -4.52. The van der Waals surface area contributed by atoms with E-state index in [1.807, 2.05) is 78.8 Å². The van der Waals surface area contributed by atoms with Crippen molar-refractivity contribution < 1.29 is 65.8 Å². The molecule has 0 bridgehead atoms. The molecule has 0 saturated heterocycles. The number of aryl methyl sites for hydroxylation is 1. The van der Waals surface area contributed by atoms with Gasteiger partial charge in [0.2, 0.25) is 23.6 Å². The Labute approximate surface area is 495 Å². The number of anilines is 1. The Morgan fingerprint density at radius 1 is 0.786 bits per heavy atom. The summed E-state index contributed by atoms with van der Waals surface area (Å²) in [5.74, 6) is -5.51. The molecule has 1 aliphatic heterocycles. The Kier molecular flexibility index (Phi) is 28.5. The molecule has 9 amide bonds. The molecule has 0 aliphatic carbocycles. The highest BCUT2D eigenvalue weighted by Crippen LogP contribution is 2.30. The predicted octanol–water partition coefficient (Wildman–Crippen LogP) is 4.05. The highest BCUT2D eigenvalue weighted by Gasteiger charge is 2.42. The maximum absolute atomic E-state index is 14.5. The Bertz CT molecular complexity index is 2760. The van der Waals surface area contributed by atoms with Gasteiger partial charge >= 0.3 is 6.03 Å². The van der Waals surface area contributed by atoms with Gasteiger partial charge in [-0.15, -0.1) is 0 Å². The zero-order valence-corrected chi connectivity index (χ0v) is 52.0. The Hall–Kier alpha value is -6.86. The number of ketones is 1. The van der Waals surface area contributed by atoms with Gasteiger partial charge in [-0.2, -0.15) is 0 Å². The number of rotatable bonds is 36. The first kappa shape index (κ1) is 71.4. The molecule has 23 nitrogen and oxygen atoms in total. The zero-order valence-electron chi connectivity index (χ0n) is 51.2. The SMILES string of the molecule is CCc1cc(NC(=O)[C@H](CCCNC(N)=O)CC(=O)[C@@H](NC(=O)CCOCCOCCOCCN2C(=O)C=CC2=O)C(C)C)ccc1S(=O)(=O)NC(=O)/C(C)=C/[C@H](C(C)C)N(C)C(=O)[C@@H](NC(=O)[C@@H](NC)C(C)(C)c1ccccc1)C(C)(C)C. The fraction of sp³-hybridized carbons (Fsp3) is 0.583. The lowest BCUT2D eigenvalue weighted by molar-refractivity contribution is -0.141. The van der Waals surface area contributed by atoms with E-state index < -0.39 is 86.4 Å². The molecule has 0 saturated carbocycles. The van der Waals surface area contributed by atoms with Crippen LogP contribution in [-0.4, -0.2) is 162 Å². The molecule has 1 heterocycles. The van der Waals surface area contributed by atoms with E-state index >= 15 is 0 Å². The highest BCUT2D eigenvalue weighted by molar-refractivity contribution is 7.90. The molecule has 3 rings (SSSR count). The summed E-state index contributed by atoms with van der Waals surface area (Å²) < 4.78 is 46.5. The Morgan fingerprint density at radius 2 is 1.38 bits per heavy atom. The number of carbonyl (C=O) groups is 9. The van der Waals surface area contributed by atoms with E-state index in [0.29, 0.717) is 0 Å². The van der Waals surface area contributed by atoms with Gasteiger partial charge in [0, 0.05) is 61.2 Å². The molecule has 466 valence electrons. The minimum absolute atomic E-state index is 0.0116. The lowest BCUT2D eigenvalue weighted by atomic mass is 9.76. The maximum atomic E-state index is 14.5. The van der Waals surface area contributed by atoms with Crippen LogP contribution in [0.15, 0.2) is 77.2 Å². The van der Waals surface area contributed by atoms with Crippen LogP contribution >= 0.6 is 0 Å². The quantitative estimate of drug-likeness (QED) is 0.0288. The second kappa shape index (κ2) is 33.6. The number of ether oxygens (including phenoxy) is 3. The Morgan fingerprint density at radius 3 is 1.93 bits per heavy atom. The van der Waals surface area contributed by atoms with Crippen LogP contribution in [-0.2, 0) is 74.4 Å². The number of likely N-dealkylation sites (N-methyl/N-ethyl adjacent to an activating group) is 2. The van der Waals surface area contributed by atoms with E-state index in [1.54, 1.807) is 34.9 Å². The number of Topliss-reactive ketones (excluding diaryl/α,β-unsaturated/α-hetero) is 1. The number of benzene rings is 2. The van der Waals surface area contributed by atoms with Crippen LogP contribution in [0.2, 0.25) is 0 Å². The summed E-state index contributed by atoms with van der Waals surface area (Å²) >= 11 is 0. The van der Waals surface area contributed by atoms with Gasteiger partial charge in [-0.1, -0.05) is 106 Å². The van der Waals surface area contributed by atoms with E-state index in [2.05, 4.69) is 31.3 Å². The summed E-state index contributed by atoms with van der Waals surface area (Å²) in [6.45, 7) is 21.1. The van der Waals surface area contributed by atoms with Gasteiger partial charge in [0.25, 0.3) is 27.7 Å². The summed E-state index contributed by atoms with van der Waals surface area (Å²) in [7, 11) is -1.25. The fourth-order valence-electron chi connectivity index (χ4n) is 9.49. The number of nitrogens with one attached hydrogen (secondary N) is 6. The molecule has 0 unspecified atom stereocenters.